The minimum atomic E-state index is -3.64. The Morgan fingerprint density at radius 2 is 1.93 bits per heavy atom. The van der Waals surface area contributed by atoms with Gasteiger partial charge >= 0.3 is 0 Å². The Balaban J connectivity index is 1.48. The fourth-order valence-corrected chi connectivity index (χ4v) is 3.64. The molecular formula is C19H16N4O3S. The van der Waals surface area contributed by atoms with Crippen molar-refractivity contribution >= 4 is 10.0 Å². The number of nitrogens with one attached hydrogen (secondary N) is 1. The molecule has 27 heavy (non-hydrogen) atoms. The van der Waals surface area contributed by atoms with E-state index in [1.165, 1.54) is 0 Å². The highest BCUT2D eigenvalue weighted by Crippen LogP contribution is 2.20. The first kappa shape index (κ1) is 17.2. The van der Waals surface area contributed by atoms with Gasteiger partial charge in [-0.3, -0.25) is 4.98 Å². The molecule has 0 radical (unpaired) electrons. The summed E-state index contributed by atoms with van der Waals surface area (Å²) < 4.78 is 34.7. The average molecular weight is 380 g/mol. The van der Waals surface area contributed by atoms with Crippen LogP contribution in [0.3, 0.4) is 0 Å². The molecule has 136 valence electrons. The van der Waals surface area contributed by atoms with Crippen LogP contribution >= 0.6 is 0 Å². The monoisotopic (exact) mass is 380 g/mol. The largest absolute Gasteiger partial charge is 0.464 e. The molecule has 0 bridgehead atoms. The lowest BCUT2D eigenvalue weighted by Gasteiger charge is -2.08. The van der Waals surface area contributed by atoms with E-state index < -0.39 is 10.0 Å². The lowest BCUT2D eigenvalue weighted by Crippen LogP contribution is -2.23. The van der Waals surface area contributed by atoms with Gasteiger partial charge in [0.15, 0.2) is 0 Å². The number of rotatable bonds is 6. The van der Waals surface area contributed by atoms with Gasteiger partial charge in [-0.1, -0.05) is 0 Å². The zero-order valence-electron chi connectivity index (χ0n) is 14.2. The fraction of sp³-hybridized carbons (Fsp3) is 0.0526. The van der Waals surface area contributed by atoms with Crippen molar-refractivity contribution in [1.29, 1.82) is 0 Å². The highest BCUT2D eigenvalue weighted by atomic mass is 32.2. The van der Waals surface area contributed by atoms with E-state index in [2.05, 4.69) is 14.8 Å². The second-order valence-corrected chi connectivity index (χ2v) is 7.60. The highest BCUT2D eigenvalue weighted by molar-refractivity contribution is 7.89. The molecule has 1 N–H and O–H groups in total. The van der Waals surface area contributed by atoms with Gasteiger partial charge in [0.05, 0.1) is 16.8 Å². The van der Waals surface area contributed by atoms with Gasteiger partial charge in [0, 0.05) is 36.9 Å². The smallest absolute Gasteiger partial charge is 0.240 e. The van der Waals surface area contributed by atoms with E-state index in [4.69, 9.17) is 4.42 Å². The summed E-state index contributed by atoms with van der Waals surface area (Å²) in [6.07, 6.45) is 8.33. The summed E-state index contributed by atoms with van der Waals surface area (Å²) in [4.78, 5) is 4.34. The zero-order chi connectivity index (χ0) is 18.7. The Morgan fingerprint density at radius 3 is 2.63 bits per heavy atom. The summed E-state index contributed by atoms with van der Waals surface area (Å²) in [6.45, 7) is 0.130. The number of hydrogen-bond acceptors (Lipinski definition) is 5. The minimum absolute atomic E-state index is 0.130. The van der Waals surface area contributed by atoms with E-state index in [9.17, 15) is 8.42 Å². The van der Waals surface area contributed by atoms with Crippen LogP contribution in [-0.2, 0) is 16.6 Å². The standard InChI is InChI=1S/C19H16N4O3S/c24-27(25,18-6-4-17(5-7-18)23-9-2-8-21-23)22-13-15-11-16(14-20-12-15)19-3-1-10-26-19/h1-12,14,22H,13H2. The molecule has 0 aliphatic carbocycles. The minimum Gasteiger partial charge on any atom is -0.464 e. The van der Waals surface area contributed by atoms with Crippen molar-refractivity contribution in [3.05, 3.63) is 85.1 Å². The predicted molar refractivity (Wildman–Crippen MR) is 99.5 cm³/mol. The van der Waals surface area contributed by atoms with Crippen LogP contribution in [0.25, 0.3) is 17.0 Å². The van der Waals surface area contributed by atoms with Crippen molar-refractivity contribution < 1.29 is 12.8 Å². The van der Waals surface area contributed by atoms with E-state index in [0.717, 1.165) is 16.8 Å². The quantitative estimate of drug-likeness (QED) is 0.555. The molecule has 0 aliphatic rings. The average Bonchev–Trinajstić information content (AvgIpc) is 3.41. The normalized spacial score (nSPS) is 11.6. The van der Waals surface area contributed by atoms with Crippen LogP contribution in [0, 0.1) is 0 Å². The van der Waals surface area contributed by atoms with E-state index in [0.29, 0.717) is 5.76 Å². The molecule has 4 rings (SSSR count). The van der Waals surface area contributed by atoms with Crippen molar-refractivity contribution in [3.8, 4) is 17.0 Å². The molecule has 7 nitrogen and oxygen atoms in total. The molecule has 0 saturated carbocycles. The second kappa shape index (κ2) is 7.18. The first-order valence-corrected chi connectivity index (χ1v) is 9.68. The molecule has 3 aromatic heterocycles. The van der Waals surface area contributed by atoms with Crippen LogP contribution in [0.5, 0.6) is 0 Å². The Morgan fingerprint density at radius 1 is 1.07 bits per heavy atom. The van der Waals surface area contributed by atoms with Gasteiger partial charge in [0.2, 0.25) is 10.0 Å². The Kier molecular flexibility index (Phi) is 4.57. The van der Waals surface area contributed by atoms with Crippen LogP contribution in [-0.4, -0.2) is 23.2 Å². The SMILES string of the molecule is O=S(=O)(NCc1cncc(-c2ccco2)c1)c1ccc(-n2cccn2)cc1. The highest BCUT2D eigenvalue weighted by Gasteiger charge is 2.14. The number of pyridine rings is 1. The number of hydrogen-bond donors (Lipinski definition) is 1. The third kappa shape index (κ3) is 3.81. The summed E-state index contributed by atoms with van der Waals surface area (Å²) >= 11 is 0. The van der Waals surface area contributed by atoms with E-state index >= 15 is 0 Å². The molecule has 0 amide bonds. The predicted octanol–water partition coefficient (Wildman–Crippen LogP) is 3.01. The molecule has 0 unspecified atom stereocenters. The van der Waals surface area contributed by atoms with E-state index in [1.54, 1.807) is 72.1 Å². The van der Waals surface area contributed by atoms with Crippen molar-refractivity contribution in [2.75, 3.05) is 0 Å². The van der Waals surface area contributed by atoms with Crippen LogP contribution in [0.1, 0.15) is 5.56 Å². The van der Waals surface area contributed by atoms with Gasteiger partial charge in [-0.05, 0) is 54.1 Å². The number of furan rings is 1. The molecule has 0 spiro atoms. The fourth-order valence-electron chi connectivity index (χ4n) is 2.62. The maximum Gasteiger partial charge on any atom is 0.240 e. The topological polar surface area (TPSA) is 90.0 Å². The third-order valence-electron chi connectivity index (χ3n) is 3.98. The van der Waals surface area contributed by atoms with Crippen LogP contribution in [0.15, 0.2) is 88.9 Å². The third-order valence-corrected chi connectivity index (χ3v) is 5.40. The zero-order valence-corrected chi connectivity index (χ0v) is 15.0. The maximum absolute atomic E-state index is 12.5. The summed E-state index contributed by atoms with van der Waals surface area (Å²) in [5.41, 5.74) is 2.32. The molecule has 8 heteroatoms. The van der Waals surface area contributed by atoms with Crippen LogP contribution in [0.2, 0.25) is 0 Å². The number of sulfonamides is 1. The molecule has 0 aliphatic heterocycles. The van der Waals surface area contributed by atoms with Gasteiger partial charge in [-0.25, -0.2) is 17.8 Å². The number of benzene rings is 1. The summed E-state index contributed by atoms with van der Waals surface area (Å²) in [5.74, 6) is 0.682. The lowest BCUT2D eigenvalue weighted by molar-refractivity contribution is 0.580. The maximum atomic E-state index is 12.5. The molecule has 0 saturated heterocycles. The molecule has 3 heterocycles. The lowest BCUT2D eigenvalue weighted by atomic mass is 10.2. The van der Waals surface area contributed by atoms with Crippen LogP contribution < -0.4 is 4.72 Å². The number of aromatic nitrogens is 3. The summed E-state index contributed by atoms with van der Waals surface area (Å²) in [5, 5.41) is 4.12. The van der Waals surface area contributed by atoms with Gasteiger partial charge in [-0.2, -0.15) is 5.10 Å². The molecule has 0 fully saturated rings. The molecule has 4 aromatic rings. The van der Waals surface area contributed by atoms with Gasteiger partial charge < -0.3 is 4.42 Å². The Bertz CT molecular complexity index is 1120. The van der Waals surface area contributed by atoms with Crippen molar-refractivity contribution in [2.45, 2.75) is 11.4 Å². The van der Waals surface area contributed by atoms with Crippen molar-refractivity contribution in [1.82, 2.24) is 19.5 Å². The Hall–Kier alpha value is -3.23. The number of nitrogens with zero attached hydrogens (tertiary/aromatic N) is 3. The van der Waals surface area contributed by atoms with Gasteiger partial charge in [-0.15, -0.1) is 0 Å². The first-order valence-electron chi connectivity index (χ1n) is 8.19. The molecule has 1 aromatic carbocycles. The molecular weight excluding hydrogens is 364 g/mol. The summed E-state index contributed by atoms with van der Waals surface area (Å²) in [6, 6.07) is 13.8. The van der Waals surface area contributed by atoms with E-state index in [1.807, 2.05) is 12.1 Å². The van der Waals surface area contributed by atoms with Crippen molar-refractivity contribution in [3.63, 3.8) is 0 Å². The van der Waals surface area contributed by atoms with Gasteiger partial charge in [0.25, 0.3) is 0 Å². The van der Waals surface area contributed by atoms with Crippen LogP contribution in [0.4, 0.5) is 0 Å². The summed E-state index contributed by atoms with van der Waals surface area (Å²) in [7, 11) is -3.64. The molecule has 0 atom stereocenters. The van der Waals surface area contributed by atoms with Gasteiger partial charge in [0.1, 0.15) is 5.76 Å². The second-order valence-electron chi connectivity index (χ2n) is 5.83. The first-order chi connectivity index (χ1) is 13.1. The van der Waals surface area contributed by atoms with E-state index in [-0.39, 0.29) is 11.4 Å². The Labute approximate surface area is 156 Å². The van der Waals surface area contributed by atoms with Crippen molar-refractivity contribution in [2.24, 2.45) is 0 Å².